The third-order valence-electron chi connectivity index (χ3n) is 4.63. The number of hydrogen-bond donors (Lipinski definition) is 1. The molecule has 0 aliphatic carbocycles. The Morgan fingerprint density at radius 1 is 1.06 bits per heavy atom. The van der Waals surface area contributed by atoms with Crippen molar-refractivity contribution in [2.45, 2.75) is 44.6 Å². The predicted octanol–water partition coefficient (Wildman–Crippen LogP) is 3.41. The van der Waals surface area contributed by atoms with Crippen molar-refractivity contribution in [2.75, 3.05) is 7.11 Å². The molecule has 0 amide bonds. The van der Waals surface area contributed by atoms with Crippen molar-refractivity contribution >= 4 is 27.2 Å². The number of sulfonamides is 1. The number of Topliss-reactive ketones (excluding diaryl/α,β-unsaturated/α-hetero) is 1. The number of carbonyl (C=O) groups is 1. The first kappa shape index (κ1) is 25.9. The Morgan fingerprint density at radius 2 is 1.67 bits per heavy atom. The molecule has 33 heavy (non-hydrogen) atoms. The molecule has 1 atom stereocenters. The highest BCUT2D eigenvalue weighted by Crippen LogP contribution is 2.29. The summed E-state index contributed by atoms with van der Waals surface area (Å²) in [6.07, 6.45) is 0.0532. The molecule has 0 radical (unpaired) electrons. The number of nitro groups is 2. The smallest absolute Gasteiger partial charge is 0.296 e. The van der Waals surface area contributed by atoms with Crippen molar-refractivity contribution in [1.82, 2.24) is 4.72 Å². The van der Waals surface area contributed by atoms with Gasteiger partial charge in [-0.3, -0.25) is 25.0 Å². The molecule has 0 aliphatic rings. The van der Waals surface area contributed by atoms with Crippen molar-refractivity contribution in [1.29, 1.82) is 0 Å². The second-order valence-corrected chi connectivity index (χ2v) is 10.3. The molecule has 2 aromatic rings. The Hall–Kier alpha value is -3.38. The fourth-order valence-electron chi connectivity index (χ4n) is 3.10. The standard InChI is InChI=1S/C21H25N3O8S/c1-21(2,3)13-19(25)17(11-14-5-8-16(32-4)9-6-14)22-33(30,31)20-10-7-15(23(26)27)12-18(20)24(28)29/h5-10,12,17,22H,11,13H2,1-4H3. The number of rotatable bonds is 10. The van der Waals surface area contributed by atoms with E-state index in [1.54, 1.807) is 24.3 Å². The van der Waals surface area contributed by atoms with E-state index < -0.39 is 53.4 Å². The number of hydrogen-bond acceptors (Lipinski definition) is 8. The molecule has 0 aliphatic heterocycles. The van der Waals surface area contributed by atoms with Crippen LogP contribution in [-0.4, -0.2) is 37.2 Å². The summed E-state index contributed by atoms with van der Waals surface area (Å²) in [5.41, 5.74) is -1.37. The van der Waals surface area contributed by atoms with E-state index in [4.69, 9.17) is 4.74 Å². The monoisotopic (exact) mass is 479 g/mol. The number of benzene rings is 2. The van der Waals surface area contributed by atoms with Gasteiger partial charge in [0.25, 0.3) is 11.4 Å². The fourth-order valence-corrected chi connectivity index (χ4v) is 4.48. The lowest BCUT2D eigenvalue weighted by Gasteiger charge is -2.23. The highest BCUT2D eigenvalue weighted by atomic mass is 32.2. The van der Waals surface area contributed by atoms with Crippen LogP contribution < -0.4 is 9.46 Å². The SMILES string of the molecule is COc1ccc(CC(NS(=O)(=O)c2ccc([N+](=O)[O-])cc2[N+](=O)[O-])C(=O)CC(C)(C)C)cc1. The molecule has 0 saturated heterocycles. The van der Waals surface area contributed by atoms with Crippen LogP contribution in [0.1, 0.15) is 32.8 Å². The Kier molecular flexibility index (Phi) is 7.88. The van der Waals surface area contributed by atoms with Gasteiger partial charge in [-0.1, -0.05) is 32.9 Å². The maximum absolute atomic E-state index is 13.1. The molecule has 0 bridgehead atoms. The molecule has 2 rings (SSSR count). The van der Waals surface area contributed by atoms with Crippen LogP contribution in [0, 0.1) is 25.6 Å². The number of ketones is 1. The lowest BCUT2D eigenvalue weighted by Crippen LogP contribution is -2.43. The van der Waals surface area contributed by atoms with Crippen LogP contribution in [0.5, 0.6) is 5.75 Å². The summed E-state index contributed by atoms with van der Waals surface area (Å²) in [6.45, 7) is 5.47. The number of nitrogens with zero attached hydrogens (tertiary/aromatic N) is 2. The minimum Gasteiger partial charge on any atom is -0.497 e. The van der Waals surface area contributed by atoms with Gasteiger partial charge in [0.1, 0.15) is 5.75 Å². The highest BCUT2D eigenvalue weighted by Gasteiger charge is 2.33. The Bertz CT molecular complexity index is 1160. The van der Waals surface area contributed by atoms with E-state index in [2.05, 4.69) is 4.72 Å². The van der Waals surface area contributed by atoms with Gasteiger partial charge in [-0.25, -0.2) is 13.1 Å². The average Bonchev–Trinajstić information content (AvgIpc) is 2.71. The topological polar surface area (TPSA) is 159 Å². The molecule has 0 fully saturated rings. The summed E-state index contributed by atoms with van der Waals surface area (Å²) in [4.78, 5) is 32.7. The van der Waals surface area contributed by atoms with E-state index in [1.165, 1.54) is 7.11 Å². The van der Waals surface area contributed by atoms with E-state index in [1.807, 2.05) is 20.8 Å². The van der Waals surface area contributed by atoms with E-state index in [9.17, 15) is 33.4 Å². The number of non-ortho nitro benzene ring substituents is 1. The minimum atomic E-state index is -4.57. The maximum atomic E-state index is 13.1. The molecular weight excluding hydrogens is 454 g/mol. The molecule has 1 unspecified atom stereocenters. The Labute approximate surface area is 191 Å². The van der Waals surface area contributed by atoms with Gasteiger partial charge >= 0.3 is 0 Å². The summed E-state index contributed by atoms with van der Waals surface area (Å²) >= 11 is 0. The summed E-state index contributed by atoms with van der Waals surface area (Å²) < 4.78 is 33.5. The first-order valence-corrected chi connectivity index (χ1v) is 11.3. The summed E-state index contributed by atoms with van der Waals surface area (Å²) in [5, 5.41) is 22.4. The zero-order valence-electron chi connectivity index (χ0n) is 18.6. The average molecular weight is 480 g/mol. The van der Waals surface area contributed by atoms with E-state index >= 15 is 0 Å². The Morgan fingerprint density at radius 3 is 2.15 bits per heavy atom. The highest BCUT2D eigenvalue weighted by molar-refractivity contribution is 7.89. The molecule has 11 nitrogen and oxygen atoms in total. The van der Waals surface area contributed by atoms with Crippen LogP contribution in [0.3, 0.4) is 0 Å². The second kappa shape index (κ2) is 10.0. The molecule has 0 aromatic heterocycles. The van der Waals surface area contributed by atoms with Gasteiger partial charge in [-0.05, 0) is 35.6 Å². The van der Waals surface area contributed by atoms with Crippen molar-refractivity contribution < 1.29 is 27.8 Å². The lowest BCUT2D eigenvalue weighted by atomic mass is 9.87. The van der Waals surface area contributed by atoms with Crippen LogP contribution in [0.4, 0.5) is 11.4 Å². The summed E-state index contributed by atoms with van der Waals surface area (Å²) in [6, 6.07) is 7.69. The zero-order chi connectivity index (χ0) is 25.0. The molecule has 178 valence electrons. The van der Waals surface area contributed by atoms with Gasteiger partial charge in [0, 0.05) is 12.5 Å². The second-order valence-electron chi connectivity index (χ2n) is 8.60. The molecule has 0 spiro atoms. The van der Waals surface area contributed by atoms with Crippen LogP contribution >= 0.6 is 0 Å². The van der Waals surface area contributed by atoms with Gasteiger partial charge in [0.2, 0.25) is 10.0 Å². The summed E-state index contributed by atoms with van der Waals surface area (Å²) in [7, 11) is -3.08. The number of nitrogens with one attached hydrogen (secondary N) is 1. The van der Waals surface area contributed by atoms with Crippen molar-refractivity contribution in [3.63, 3.8) is 0 Å². The van der Waals surface area contributed by atoms with Gasteiger partial charge in [-0.15, -0.1) is 0 Å². The molecular formula is C21H25N3O8S. The van der Waals surface area contributed by atoms with Crippen molar-refractivity contribution in [2.24, 2.45) is 5.41 Å². The van der Waals surface area contributed by atoms with Crippen LogP contribution in [0.2, 0.25) is 0 Å². The molecule has 2 aromatic carbocycles. The summed E-state index contributed by atoms with van der Waals surface area (Å²) in [5.74, 6) is 0.185. The fraction of sp³-hybridized carbons (Fsp3) is 0.381. The van der Waals surface area contributed by atoms with Crippen LogP contribution in [-0.2, 0) is 21.2 Å². The van der Waals surface area contributed by atoms with E-state index in [-0.39, 0.29) is 12.8 Å². The van der Waals surface area contributed by atoms with Crippen molar-refractivity contribution in [3.8, 4) is 5.75 Å². The number of ether oxygens (including phenoxy) is 1. The quantitative estimate of drug-likeness (QED) is 0.401. The van der Waals surface area contributed by atoms with Crippen LogP contribution in [0.15, 0.2) is 47.4 Å². The first-order valence-electron chi connectivity index (χ1n) is 9.84. The number of nitro benzene ring substituents is 2. The molecule has 12 heteroatoms. The van der Waals surface area contributed by atoms with Crippen LogP contribution in [0.25, 0.3) is 0 Å². The molecule has 0 heterocycles. The van der Waals surface area contributed by atoms with Gasteiger partial charge < -0.3 is 4.74 Å². The molecule has 1 N–H and O–H groups in total. The predicted molar refractivity (Wildman–Crippen MR) is 120 cm³/mol. The van der Waals surface area contributed by atoms with Crippen molar-refractivity contribution in [3.05, 3.63) is 68.3 Å². The largest absolute Gasteiger partial charge is 0.497 e. The molecule has 0 saturated carbocycles. The van der Waals surface area contributed by atoms with E-state index in [0.29, 0.717) is 17.4 Å². The Balaban J connectivity index is 2.45. The first-order chi connectivity index (χ1) is 15.2. The van der Waals surface area contributed by atoms with Gasteiger partial charge in [0.15, 0.2) is 10.7 Å². The normalized spacial score (nSPS) is 12.7. The van der Waals surface area contributed by atoms with Gasteiger partial charge in [0.05, 0.1) is 29.1 Å². The van der Waals surface area contributed by atoms with E-state index in [0.717, 1.165) is 12.1 Å². The zero-order valence-corrected chi connectivity index (χ0v) is 19.4. The van der Waals surface area contributed by atoms with Gasteiger partial charge in [-0.2, -0.15) is 0 Å². The maximum Gasteiger partial charge on any atom is 0.296 e. The number of methoxy groups -OCH3 is 1. The third kappa shape index (κ3) is 7.05. The third-order valence-corrected chi connectivity index (χ3v) is 6.15. The number of carbonyl (C=O) groups excluding carboxylic acids is 1. The lowest BCUT2D eigenvalue weighted by molar-refractivity contribution is -0.396. The minimum absolute atomic E-state index is 0.00107.